The summed E-state index contributed by atoms with van der Waals surface area (Å²) >= 11 is 0. The fourth-order valence-corrected chi connectivity index (χ4v) is 1.98. The van der Waals surface area contributed by atoms with Gasteiger partial charge in [0.15, 0.2) is 11.5 Å². The van der Waals surface area contributed by atoms with Crippen LogP contribution >= 0.6 is 0 Å². The normalized spacial score (nSPS) is 10.3. The van der Waals surface area contributed by atoms with Crippen molar-refractivity contribution in [3.8, 4) is 23.0 Å². The lowest BCUT2D eigenvalue weighted by Crippen LogP contribution is -2.02. The largest absolute Gasteiger partial charge is 0.508 e. The lowest BCUT2D eigenvalue weighted by atomic mass is 10.0. The molecule has 6 nitrogen and oxygen atoms in total. The second-order valence-corrected chi connectivity index (χ2v) is 4.52. The number of hydrogen-bond acceptors (Lipinski definition) is 6. The molecule has 0 saturated heterocycles. The lowest BCUT2D eigenvalue weighted by Gasteiger charge is -2.07. The van der Waals surface area contributed by atoms with Crippen molar-refractivity contribution in [1.29, 1.82) is 0 Å². The van der Waals surface area contributed by atoms with E-state index >= 15 is 0 Å². The topological polar surface area (TPSA) is 107 Å². The van der Waals surface area contributed by atoms with Crippen molar-refractivity contribution in [3.05, 3.63) is 47.5 Å². The van der Waals surface area contributed by atoms with Gasteiger partial charge in [-0.15, -0.1) is 0 Å². The number of aryl methyl sites for hydroxylation is 1. The molecule has 0 radical (unpaired) electrons. The summed E-state index contributed by atoms with van der Waals surface area (Å²) in [5.41, 5.74) is 0.630. The zero-order chi connectivity index (χ0) is 15.4. The quantitative estimate of drug-likeness (QED) is 0.383. The van der Waals surface area contributed by atoms with Crippen molar-refractivity contribution in [3.63, 3.8) is 0 Å². The Labute approximate surface area is 120 Å². The van der Waals surface area contributed by atoms with Gasteiger partial charge in [-0.05, 0) is 24.1 Å². The summed E-state index contributed by atoms with van der Waals surface area (Å²) in [6, 6.07) is 8.48. The maximum atomic E-state index is 12.0. The first kappa shape index (κ1) is 14.7. The first-order valence-corrected chi connectivity index (χ1v) is 6.19. The van der Waals surface area contributed by atoms with Gasteiger partial charge in [-0.3, -0.25) is 4.79 Å². The van der Waals surface area contributed by atoms with E-state index in [9.17, 15) is 20.1 Å². The van der Waals surface area contributed by atoms with Gasteiger partial charge in [0, 0.05) is 18.6 Å². The molecule has 0 aromatic heterocycles. The average Bonchev–Trinajstić information content (AvgIpc) is 2.44. The summed E-state index contributed by atoms with van der Waals surface area (Å²) in [6.45, 7) is 0. The molecule has 2 aromatic carbocycles. The van der Waals surface area contributed by atoms with Gasteiger partial charge in [0.1, 0.15) is 22.8 Å². The van der Waals surface area contributed by atoms with E-state index in [1.54, 1.807) is 24.3 Å². The van der Waals surface area contributed by atoms with Gasteiger partial charge in [0.05, 0.1) is 0 Å². The summed E-state index contributed by atoms with van der Waals surface area (Å²) in [5, 5.41) is 36.9. The molecular weight excluding hydrogens is 276 g/mol. The van der Waals surface area contributed by atoms with Crippen LogP contribution in [0, 0.1) is 0 Å². The maximum absolute atomic E-state index is 12.0. The predicted molar refractivity (Wildman–Crippen MR) is 73.8 cm³/mol. The van der Waals surface area contributed by atoms with Crippen LogP contribution in [0.25, 0.3) is 0 Å². The van der Waals surface area contributed by atoms with Crippen LogP contribution in [0.1, 0.15) is 22.3 Å². The molecule has 2 aromatic rings. The highest BCUT2D eigenvalue weighted by atomic mass is 17.1. The molecule has 21 heavy (non-hydrogen) atoms. The average molecular weight is 290 g/mol. The van der Waals surface area contributed by atoms with Crippen molar-refractivity contribution >= 4 is 5.78 Å². The fourth-order valence-electron chi connectivity index (χ4n) is 1.98. The summed E-state index contributed by atoms with van der Waals surface area (Å²) in [5.74, 6) is -1.38. The van der Waals surface area contributed by atoms with Crippen LogP contribution in [0.15, 0.2) is 36.4 Å². The van der Waals surface area contributed by atoms with E-state index in [2.05, 4.69) is 4.89 Å². The number of Topliss-reactive ketones (excluding diaryl/α,β-unsaturated/α-hetero) is 1. The minimum Gasteiger partial charge on any atom is -0.508 e. The van der Waals surface area contributed by atoms with E-state index in [-0.39, 0.29) is 17.7 Å². The Morgan fingerprint density at radius 2 is 1.57 bits per heavy atom. The number of benzene rings is 2. The van der Waals surface area contributed by atoms with Gasteiger partial charge in [-0.2, -0.15) is 0 Å². The van der Waals surface area contributed by atoms with Crippen LogP contribution < -0.4 is 4.89 Å². The molecule has 0 spiro atoms. The molecule has 4 N–H and O–H groups in total. The molecule has 6 heteroatoms. The molecule has 0 aliphatic heterocycles. The highest BCUT2D eigenvalue weighted by Gasteiger charge is 2.17. The molecular formula is C15H14O6. The van der Waals surface area contributed by atoms with Crippen molar-refractivity contribution in [1.82, 2.24) is 0 Å². The fraction of sp³-hybridized carbons (Fsp3) is 0.133. The molecule has 0 aliphatic carbocycles. The molecule has 0 heterocycles. The Bertz CT molecular complexity index is 625. The van der Waals surface area contributed by atoms with Crippen LogP contribution in [0.5, 0.6) is 23.0 Å². The molecule has 0 atom stereocenters. The summed E-state index contributed by atoms with van der Waals surface area (Å²) < 4.78 is 0. The molecule has 2 rings (SSSR count). The number of carbonyl (C=O) groups is 1. The van der Waals surface area contributed by atoms with Gasteiger partial charge in [-0.1, -0.05) is 12.1 Å². The van der Waals surface area contributed by atoms with Crippen molar-refractivity contribution in [2.75, 3.05) is 0 Å². The Hall–Kier alpha value is -2.73. The molecule has 110 valence electrons. The molecule has 0 amide bonds. The number of rotatable bonds is 5. The second kappa shape index (κ2) is 6.15. The van der Waals surface area contributed by atoms with Crippen molar-refractivity contribution < 1.29 is 30.3 Å². The Morgan fingerprint density at radius 1 is 1.00 bits per heavy atom. The van der Waals surface area contributed by atoms with E-state index in [1.807, 2.05) is 0 Å². The minimum atomic E-state index is -0.457. The first-order chi connectivity index (χ1) is 10.0. The summed E-state index contributed by atoms with van der Waals surface area (Å²) in [7, 11) is 0. The van der Waals surface area contributed by atoms with Gasteiger partial charge in [0.2, 0.25) is 0 Å². The van der Waals surface area contributed by atoms with Gasteiger partial charge in [-0.25, -0.2) is 5.26 Å². The van der Waals surface area contributed by atoms with E-state index in [0.29, 0.717) is 12.2 Å². The molecule has 0 aliphatic rings. The van der Waals surface area contributed by atoms with Crippen molar-refractivity contribution in [2.45, 2.75) is 12.8 Å². The minimum absolute atomic E-state index is 0.0746. The highest BCUT2D eigenvalue weighted by Crippen LogP contribution is 2.33. The molecule has 0 unspecified atom stereocenters. The van der Waals surface area contributed by atoms with Gasteiger partial charge < -0.3 is 20.2 Å². The monoisotopic (exact) mass is 290 g/mol. The van der Waals surface area contributed by atoms with Crippen LogP contribution in [0.3, 0.4) is 0 Å². The number of aromatic hydroxyl groups is 3. The first-order valence-electron chi connectivity index (χ1n) is 6.19. The van der Waals surface area contributed by atoms with E-state index in [4.69, 9.17) is 5.26 Å². The van der Waals surface area contributed by atoms with Gasteiger partial charge >= 0.3 is 0 Å². The summed E-state index contributed by atoms with van der Waals surface area (Å²) in [6.07, 6.45) is 0.468. The van der Waals surface area contributed by atoms with Crippen molar-refractivity contribution in [2.24, 2.45) is 0 Å². The number of carbonyl (C=O) groups excluding carboxylic acids is 1. The third-order valence-corrected chi connectivity index (χ3v) is 3.03. The zero-order valence-electron chi connectivity index (χ0n) is 11.0. The number of hydrogen-bond donors (Lipinski definition) is 4. The van der Waals surface area contributed by atoms with Gasteiger partial charge in [0.25, 0.3) is 0 Å². The Kier molecular flexibility index (Phi) is 4.30. The third-order valence-electron chi connectivity index (χ3n) is 3.03. The van der Waals surface area contributed by atoms with E-state index in [0.717, 1.165) is 17.7 Å². The maximum Gasteiger partial charge on any atom is 0.170 e. The third kappa shape index (κ3) is 3.43. The number of phenolic OH excluding ortho intramolecular Hbond substituents is 3. The Morgan fingerprint density at radius 3 is 2.10 bits per heavy atom. The number of phenols is 3. The smallest absolute Gasteiger partial charge is 0.170 e. The van der Waals surface area contributed by atoms with Crippen LogP contribution in [-0.2, 0) is 6.42 Å². The van der Waals surface area contributed by atoms with E-state index in [1.165, 1.54) is 0 Å². The van der Waals surface area contributed by atoms with Crippen LogP contribution in [0.2, 0.25) is 0 Å². The molecule has 0 saturated carbocycles. The van der Waals surface area contributed by atoms with Crippen LogP contribution in [0.4, 0.5) is 0 Å². The zero-order valence-corrected chi connectivity index (χ0v) is 11.0. The molecule has 0 bridgehead atoms. The number of ketones is 1. The Balaban J connectivity index is 2.08. The standard InChI is InChI=1S/C15H14O6/c16-10-7-13(18)15(14(19)8-10)12(17)6-3-9-1-4-11(21-20)5-2-9/h1-2,4-5,7-8,16,18-20H,3,6H2. The molecule has 0 fully saturated rings. The SMILES string of the molecule is O=C(CCc1ccc(OO)cc1)c1c(O)cc(O)cc1O. The van der Waals surface area contributed by atoms with E-state index < -0.39 is 17.3 Å². The predicted octanol–water partition coefficient (Wildman–Crippen LogP) is 2.47. The lowest BCUT2D eigenvalue weighted by molar-refractivity contribution is -0.137. The second-order valence-electron chi connectivity index (χ2n) is 4.52. The van der Waals surface area contributed by atoms with Crippen LogP contribution in [-0.4, -0.2) is 26.4 Å². The summed E-state index contributed by atoms with van der Waals surface area (Å²) in [4.78, 5) is 16.1. The highest BCUT2D eigenvalue weighted by molar-refractivity contribution is 6.01.